The smallest absolute Gasteiger partial charge is 0.407 e. The van der Waals surface area contributed by atoms with Crippen LogP contribution in [-0.4, -0.2) is 79.3 Å². The van der Waals surface area contributed by atoms with Crippen molar-refractivity contribution in [3.63, 3.8) is 0 Å². The summed E-state index contributed by atoms with van der Waals surface area (Å²) < 4.78 is 51.0. The average molecular weight is 636 g/mol. The summed E-state index contributed by atoms with van der Waals surface area (Å²) >= 11 is 5.65. The molecule has 3 aromatic rings. The number of nitrogens with zero attached hydrogens (tertiary/aromatic N) is 4. The van der Waals surface area contributed by atoms with Crippen LogP contribution in [0.4, 0.5) is 23.7 Å². The number of nitrogens with two attached hydrogens (primary N) is 1. The van der Waals surface area contributed by atoms with Crippen LogP contribution in [0.1, 0.15) is 24.3 Å². The van der Waals surface area contributed by atoms with E-state index in [1.807, 2.05) is 0 Å². The highest BCUT2D eigenvalue weighted by Gasteiger charge is 2.58. The average Bonchev–Trinajstić information content (AvgIpc) is 3.00. The van der Waals surface area contributed by atoms with Crippen molar-refractivity contribution in [1.29, 1.82) is 0 Å². The zero-order chi connectivity index (χ0) is 31.8. The second-order valence-corrected chi connectivity index (χ2v) is 11.4. The van der Waals surface area contributed by atoms with Gasteiger partial charge >= 0.3 is 6.09 Å². The molecule has 44 heavy (non-hydrogen) atoms. The maximum Gasteiger partial charge on any atom is 0.407 e. The van der Waals surface area contributed by atoms with Crippen molar-refractivity contribution < 1.29 is 37.7 Å². The number of hydrogen-bond acceptors (Lipinski definition) is 7. The molecule has 1 aromatic heterocycles. The summed E-state index contributed by atoms with van der Waals surface area (Å²) in [5.74, 6) is -6.93. The number of carboxylic acid groups (broad SMARTS) is 1. The van der Waals surface area contributed by atoms with Gasteiger partial charge in [0.15, 0.2) is 5.69 Å². The molecule has 0 radical (unpaired) electrons. The molecule has 4 N–H and O–H groups in total. The van der Waals surface area contributed by atoms with E-state index >= 15 is 8.78 Å². The number of halogens is 4. The lowest BCUT2D eigenvalue weighted by molar-refractivity contribution is -0.223. The number of hydrogen-bond donors (Lipinski definition) is 3. The zero-order valence-electron chi connectivity index (χ0n) is 23.2. The minimum absolute atomic E-state index is 0.0356. The number of alkyl halides is 2. The number of rotatable bonds is 6. The molecule has 5 rings (SSSR count). The Balaban J connectivity index is 1.31. The monoisotopic (exact) mass is 635 g/mol. The fourth-order valence-electron chi connectivity index (χ4n) is 5.66. The first-order chi connectivity index (χ1) is 20.8. The minimum atomic E-state index is -3.84. The summed E-state index contributed by atoms with van der Waals surface area (Å²) in [4.78, 5) is 44.2. The topological polar surface area (TPSA) is 151 Å². The highest BCUT2D eigenvalue weighted by atomic mass is 35.5. The number of amides is 2. The highest BCUT2D eigenvalue weighted by molar-refractivity contribution is 6.30. The van der Waals surface area contributed by atoms with Crippen LogP contribution in [0.5, 0.6) is 11.6 Å². The Bertz CT molecular complexity index is 1630. The van der Waals surface area contributed by atoms with E-state index in [9.17, 15) is 29.0 Å². The van der Waals surface area contributed by atoms with Gasteiger partial charge in [-0.2, -0.15) is 0 Å². The van der Waals surface area contributed by atoms with Crippen LogP contribution in [0.3, 0.4) is 0 Å². The van der Waals surface area contributed by atoms with Crippen LogP contribution in [0.15, 0.2) is 59.7 Å². The van der Waals surface area contributed by atoms with Crippen molar-refractivity contribution in [2.45, 2.75) is 36.8 Å². The predicted octanol–water partition coefficient (Wildman–Crippen LogP) is 3.79. The number of carbonyl (C=O) groups excluding carboxylic acids is 1. The lowest BCUT2D eigenvalue weighted by atomic mass is 9.79. The third kappa shape index (κ3) is 6.04. The molecular weight excluding hydrogens is 607 g/mol. The summed E-state index contributed by atoms with van der Waals surface area (Å²) in [5.41, 5.74) is 2.31. The van der Waals surface area contributed by atoms with Gasteiger partial charge in [-0.1, -0.05) is 41.9 Å². The van der Waals surface area contributed by atoms with E-state index in [1.54, 1.807) is 30.3 Å². The lowest BCUT2D eigenvalue weighted by Crippen LogP contribution is -2.64. The molecule has 0 saturated carbocycles. The number of aromatic nitrogens is 2. The van der Waals surface area contributed by atoms with E-state index in [4.69, 9.17) is 22.1 Å². The molecule has 2 amide bonds. The summed E-state index contributed by atoms with van der Waals surface area (Å²) in [5, 5.41) is 20.4. The molecule has 2 aliphatic heterocycles. The molecule has 0 bridgehead atoms. The van der Waals surface area contributed by atoms with Crippen LogP contribution in [0, 0.1) is 11.7 Å². The van der Waals surface area contributed by atoms with Crippen molar-refractivity contribution in [2.75, 3.05) is 31.9 Å². The van der Waals surface area contributed by atoms with Gasteiger partial charge in [-0.3, -0.25) is 14.2 Å². The van der Waals surface area contributed by atoms with E-state index in [0.717, 1.165) is 27.4 Å². The summed E-state index contributed by atoms with van der Waals surface area (Å²) in [7, 11) is 0. The third-order valence-corrected chi connectivity index (χ3v) is 8.49. The maximum atomic E-state index is 15.6. The van der Waals surface area contributed by atoms with E-state index in [1.165, 1.54) is 17.0 Å². The standard InChI is InChI=1S/C29H29ClF3N5O6/c30-21-7-6-18(12-22(21)31)44-24-23(34)26(40)38(16-35-24)14-28(43)9-11-37(15-29(28,32)33)25(39)19-8-10-36(27(41)42)13-20(19)17-4-2-1-3-5-17/h1-7,12,16,19-20,43H,8-11,13-15,34H2,(H,41,42)/t19-,20+,28+/m1/s1. The van der Waals surface area contributed by atoms with Gasteiger partial charge in [0.1, 0.15) is 23.5 Å². The van der Waals surface area contributed by atoms with Gasteiger partial charge in [0.2, 0.25) is 11.8 Å². The Kier molecular flexibility index (Phi) is 8.49. The fourth-order valence-corrected chi connectivity index (χ4v) is 5.78. The second-order valence-electron chi connectivity index (χ2n) is 11.0. The third-order valence-electron chi connectivity index (χ3n) is 8.18. The van der Waals surface area contributed by atoms with Crippen LogP contribution in [0.2, 0.25) is 5.02 Å². The molecule has 234 valence electrons. The summed E-state index contributed by atoms with van der Waals surface area (Å²) in [6.07, 6.45) is -0.666. The first kappa shape index (κ1) is 31.1. The van der Waals surface area contributed by atoms with E-state index in [0.29, 0.717) is 0 Å². The molecule has 3 atom stereocenters. The Labute approximate surface area is 254 Å². The first-order valence-electron chi connectivity index (χ1n) is 13.7. The molecule has 3 heterocycles. The predicted molar refractivity (Wildman–Crippen MR) is 152 cm³/mol. The number of anilines is 1. The Hall–Kier alpha value is -4.30. The Morgan fingerprint density at radius 1 is 1.14 bits per heavy atom. The van der Waals surface area contributed by atoms with Crippen LogP contribution < -0.4 is 16.0 Å². The summed E-state index contributed by atoms with van der Waals surface area (Å²) in [6.45, 7) is -2.10. The largest absolute Gasteiger partial charge is 0.465 e. The van der Waals surface area contributed by atoms with E-state index in [2.05, 4.69) is 4.98 Å². The molecule has 11 nitrogen and oxygen atoms in total. The quantitative estimate of drug-likeness (QED) is 0.370. The molecule has 2 saturated heterocycles. The van der Waals surface area contributed by atoms with Crippen molar-refractivity contribution in [1.82, 2.24) is 19.4 Å². The molecule has 15 heteroatoms. The van der Waals surface area contributed by atoms with Crippen molar-refractivity contribution in [2.24, 2.45) is 5.92 Å². The minimum Gasteiger partial charge on any atom is -0.465 e. The van der Waals surface area contributed by atoms with E-state index in [-0.39, 0.29) is 36.8 Å². The van der Waals surface area contributed by atoms with Crippen LogP contribution >= 0.6 is 11.6 Å². The summed E-state index contributed by atoms with van der Waals surface area (Å²) in [6, 6.07) is 12.3. The zero-order valence-corrected chi connectivity index (χ0v) is 24.0. The highest BCUT2D eigenvalue weighted by Crippen LogP contribution is 2.41. The maximum absolute atomic E-state index is 15.6. The number of aliphatic hydroxyl groups is 1. The number of benzene rings is 2. The van der Waals surface area contributed by atoms with Crippen molar-refractivity contribution >= 4 is 29.3 Å². The lowest BCUT2D eigenvalue weighted by Gasteiger charge is -2.46. The van der Waals surface area contributed by atoms with E-state index < -0.39 is 77.8 Å². The van der Waals surface area contributed by atoms with Gasteiger partial charge in [0.25, 0.3) is 11.5 Å². The van der Waals surface area contributed by atoms with Gasteiger partial charge in [0.05, 0.1) is 18.1 Å². The van der Waals surface area contributed by atoms with Gasteiger partial charge in [0, 0.05) is 44.0 Å². The molecule has 0 spiro atoms. The number of likely N-dealkylation sites (tertiary alicyclic amines) is 2. The van der Waals surface area contributed by atoms with Crippen LogP contribution in [0.25, 0.3) is 0 Å². The van der Waals surface area contributed by atoms with Gasteiger partial charge < -0.3 is 30.5 Å². The van der Waals surface area contributed by atoms with Crippen molar-refractivity contribution in [3.8, 4) is 11.6 Å². The van der Waals surface area contributed by atoms with Crippen LogP contribution in [-0.2, 0) is 11.3 Å². The molecule has 2 aromatic carbocycles. The van der Waals surface area contributed by atoms with Gasteiger partial charge in [-0.25, -0.2) is 22.9 Å². The SMILES string of the molecule is Nc1c(Oc2ccc(Cl)c(F)c2)ncn(C[C@@]2(O)CCN(C(=O)[C@@H]3CCN(C(=O)O)C[C@H]3c3ccccc3)CC2(F)F)c1=O. The number of ether oxygens (including phenoxy) is 1. The fraction of sp³-hybridized carbons (Fsp3) is 0.379. The number of nitrogen functional groups attached to an aromatic ring is 1. The Morgan fingerprint density at radius 3 is 2.52 bits per heavy atom. The number of carbonyl (C=O) groups is 2. The number of piperidine rings is 2. The molecule has 2 fully saturated rings. The molecule has 0 aliphatic carbocycles. The normalized spacial score (nSPS) is 23.3. The van der Waals surface area contributed by atoms with Gasteiger partial charge in [-0.15, -0.1) is 0 Å². The van der Waals surface area contributed by atoms with Crippen molar-refractivity contribution in [3.05, 3.63) is 81.6 Å². The molecule has 2 aliphatic rings. The Morgan fingerprint density at radius 2 is 1.86 bits per heavy atom. The first-order valence-corrected chi connectivity index (χ1v) is 14.1. The second kappa shape index (κ2) is 12.0. The van der Waals surface area contributed by atoms with Gasteiger partial charge in [-0.05, 0) is 24.1 Å². The molecular formula is C29H29ClF3N5O6. The molecule has 0 unspecified atom stereocenters.